The molecule has 20 heavy (non-hydrogen) atoms. The van der Waals surface area contributed by atoms with Crippen molar-refractivity contribution in [3.05, 3.63) is 29.3 Å². The van der Waals surface area contributed by atoms with E-state index in [1.54, 1.807) is 38.1 Å². The van der Waals surface area contributed by atoms with E-state index in [0.717, 1.165) is 0 Å². The number of benzene rings is 1. The molecule has 5 nitrogen and oxygen atoms in total. The van der Waals surface area contributed by atoms with E-state index in [-0.39, 0.29) is 11.8 Å². The number of carbonyl (C=O) groups is 2. The highest BCUT2D eigenvalue weighted by atomic mass is 35.5. The number of rotatable bonds is 6. The van der Waals surface area contributed by atoms with Crippen molar-refractivity contribution in [2.45, 2.75) is 26.4 Å². The molecule has 0 spiro atoms. The molecule has 0 fully saturated rings. The van der Waals surface area contributed by atoms with Crippen molar-refractivity contribution >= 4 is 23.4 Å². The molecule has 0 aliphatic rings. The number of carbonyl (C=O) groups excluding carboxylic acids is 2. The topological polar surface area (TPSA) is 67.4 Å². The van der Waals surface area contributed by atoms with Gasteiger partial charge in [-0.05, 0) is 38.1 Å². The van der Waals surface area contributed by atoms with Crippen molar-refractivity contribution in [1.82, 2.24) is 10.6 Å². The third-order valence-electron chi connectivity index (χ3n) is 2.52. The summed E-state index contributed by atoms with van der Waals surface area (Å²) < 4.78 is 5.64. The Bertz CT molecular complexity index is 472. The molecule has 6 heteroatoms. The third kappa shape index (κ3) is 5.48. The first-order valence-electron chi connectivity index (χ1n) is 6.28. The Morgan fingerprint density at radius 2 is 1.70 bits per heavy atom. The van der Waals surface area contributed by atoms with Crippen molar-refractivity contribution in [2.75, 3.05) is 13.1 Å². The lowest BCUT2D eigenvalue weighted by Gasteiger charge is -2.25. The molecule has 1 aromatic rings. The van der Waals surface area contributed by atoms with Gasteiger partial charge in [-0.2, -0.15) is 0 Å². The molecule has 0 aliphatic heterocycles. The third-order valence-corrected chi connectivity index (χ3v) is 2.77. The molecule has 0 saturated heterocycles. The van der Waals surface area contributed by atoms with Crippen LogP contribution in [-0.4, -0.2) is 30.5 Å². The summed E-state index contributed by atoms with van der Waals surface area (Å²) in [6.07, 6.45) is 0. The largest absolute Gasteiger partial charge is 0.478 e. The molecule has 110 valence electrons. The number of hydrogen-bond donors (Lipinski definition) is 2. The Morgan fingerprint density at radius 1 is 1.15 bits per heavy atom. The van der Waals surface area contributed by atoms with Gasteiger partial charge in [0.1, 0.15) is 5.75 Å². The van der Waals surface area contributed by atoms with Crippen molar-refractivity contribution in [3.63, 3.8) is 0 Å². The fraction of sp³-hybridized carbons (Fsp3) is 0.429. The molecule has 0 radical (unpaired) electrons. The zero-order chi connectivity index (χ0) is 15.2. The van der Waals surface area contributed by atoms with E-state index < -0.39 is 5.60 Å². The first-order chi connectivity index (χ1) is 9.31. The summed E-state index contributed by atoms with van der Waals surface area (Å²) in [7, 11) is 0. The van der Waals surface area contributed by atoms with E-state index in [0.29, 0.717) is 23.9 Å². The van der Waals surface area contributed by atoms with E-state index in [9.17, 15) is 9.59 Å². The van der Waals surface area contributed by atoms with Crippen LogP contribution in [0.15, 0.2) is 24.3 Å². The Morgan fingerprint density at radius 3 is 2.25 bits per heavy atom. The number of ether oxygens (including phenoxy) is 1. The zero-order valence-electron chi connectivity index (χ0n) is 11.8. The van der Waals surface area contributed by atoms with E-state index in [2.05, 4.69) is 10.6 Å². The highest BCUT2D eigenvalue weighted by molar-refractivity contribution is 6.30. The van der Waals surface area contributed by atoms with Gasteiger partial charge in [-0.25, -0.2) is 0 Å². The number of hydrogen-bond acceptors (Lipinski definition) is 3. The molecule has 0 atom stereocenters. The lowest BCUT2D eigenvalue weighted by Crippen LogP contribution is -2.48. The molecule has 0 heterocycles. The van der Waals surface area contributed by atoms with Crippen LogP contribution in [0.25, 0.3) is 0 Å². The minimum atomic E-state index is -1.01. The van der Waals surface area contributed by atoms with Crippen LogP contribution in [0.1, 0.15) is 20.8 Å². The molecular weight excluding hydrogens is 280 g/mol. The SMILES string of the molecule is CC(=O)NCCNC(=O)C(C)(C)Oc1ccc(Cl)cc1. The van der Waals surface area contributed by atoms with Crippen LogP contribution in [0.2, 0.25) is 5.02 Å². The van der Waals surface area contributed by atoms with Crippen molar-refractivity contribution in [3.8, 4) is 5.75 Å². The van der Waals surface area contributed by atoms with Gasteiger partial charge in [-0.3, -0.25) is 9.59 Å². The monoisotopic (exact) mass is 298 g/mol. The first-order valence-corrected chi connectivity index (χ1v) is 6.66. The van der Waals surface area contributed by atoms with Gasteiger partial charge < -0.3 is 15.4 Å². The fourth-order valence-electron chi connectivity index (χ4n) is 1.47. The van der Waals surface area contributed by atoms with E-state index in [1.165, 1.54) is 6.92 Å². The fourth-order valence-corrected chi connectivity index (χ4v) is 1.60. The molecular formula is C14H19ClN2O3. The maximum absolute atomic E-state index is 12.0. The Labute approximate surface area is 123 Å². The second-order valence-corrected chi connectivity index (χ2v) is 5.24. The summed E-state index contributed by atoms with van der Waals surface area (Å²) in [5.41, 5.74) is -1.01. The van der Waals surface area contributed by atoms with Crippen LogP contribution >= 0.6 is 11.6 Å². The van der Waals surface area contributed by atoms with Gasteiger partial charge in [-0.1, -0.05) is 11.6 Å². The van der Waals surface area contributed by atoms with Gasteiger partial charge in [0.25, 0.3) is 5.91 Å². The van der Waals surface area contributed by atoms with Gasteiger partial charge in [-0.15, -0.1) is 0 Å². The molecule has 1 rings (SSSR count). The highest BCUT2D eigenvalue weighted by Crippen LogP contribution is 2.20. The van der Waals surface area contributed by atoms with E-state index >= 15 is 0 Å². The quantitative estimate of drug-likeness (QED) is 0.786. The van der Waals surface area contributed by atoms with Crippen molar-refractivity contribution in [1.29, 1.82) is 0 Å². The summed E-state index contributed by atoms with van der Waals surface area (Å²) in [6.45, 7) is 5.52. The van der Waals surface area contributed by atoms with Crippen LogP contribution in [-0.2, 0) is 9.59 Å². The van der Waals surface area contributed by atoms with Crippen molar-refractivity contribution in [2.24, 2.45) is 0 Å². The molecule has 0 saturated carbocycles. The normalized spacial score (nSPS) is 10.8. The van der Waals surface area contributed by atoms with Gasteiger partial charge in [0.2, 0.25) is 5.91 Å². The summed E-state index contributed by atoms with van der Waals surface area (Å²) in [5, 5.41) is 5.91. The van der Waals surface area contributed by atoms with Crippen LogP contribution in [0.4, 0.5) is 0 Å². The lowest BCUT2D eigenvalue weighted by molar-refractivity contribution is -0.134. The van der Waals surface area contributed by atoms with Crippen molar-refractivity contribution < 1.29 is 14.3 Å². The summed E-state index contributed by atoms with van der Waals surface area (Å²) >= 11 is 5.79. The maximum atomic E-state index is 12.0. The molecule has 1 aromatic carbocycles. The predicted octanol–water partition coefficient (Wildman–Crippen LogP) is 1.75. The van der Waals surface area contributed by atoms with Gasteiger partial charge in [0, 0.05) is 25.0 Å². The van der Waals surface area contributed by atoms with Gasteiger partial charge >= 0.3 is 0 Å². The smallest absolute Gasteiger partial charge is 0.263 e. The Kier molecular flexibility index (Phi) is 5.82. The Balaban J connectivity index is 2.48. The summed E-state index contributed by atoms with van der Waals surface area (Å²) in [6, 6.07) is 6.80. The van der Waals surface area contributed by atoms with Crippen LogP contribution < -0.4 is 15.4 Å². The van der Waals surface area contributed by atoms with Gasteiger partial charge in [0.15, 0.2) is 5.60 Å². The minimum absolute atomic E-state index is 0.129. The molecule has 0 bridgehead atoms. The predicted molar refractivity (Wildman–Crippen MR) is 77.9 cm³/mol. The summed E-state index contributed by atoms with van der Waals surface area (Å²) in [5.74, 6) is 0.185. The van der Waals surface area contributed by atoms with Crippen LogP contribution in [0.3, 0.4) is 0 Å². The lowest BCUT2D eigenvalue weighted by atomic mass is 10.1. The molecule has 2 N–H and O–H groups in total. The van der Waals surface area contributed by atoms with Crippen LogP contribution in [0, 0.1) is 0 Å². The van der Waals surface area contributed by atoms with Gasteiger partial charge in [0.05, 0.1) is 0 Å². The minimum Gasteiger partial charge on any atom is -0.478 e. The number of amides is 2. The molecule has 0 unspecified atom stereocenters. The Hall–Kier alpha value is -1.75. The van der Waals surface area contributed by atoms with Crippen LogP contribution in [0.5, 0.6) is 5.75 Å². The standard InChI is InChI=1S/C14H19ClN2O3/c1-10(18)16-8-9-17-13(19)14(2,3)20-12-6-4-11(15)5-7-12/h4-7H,8-9H2,1-3H3,(H,16,18)(H,17,19). The zero-order valence-corrected chi connectivity index (χ0v) is 12.6. The molecule has 0 aliphatic carbocycles. The number of nitrogens with one attached hydrogen (secondary N) is 2. The average Bonchev–Trinajstić information content (AvgIpc) is 2.36. The number of halogens is 1. The molecule has 0 aromatic heterocycles. The maximum Gasteiger partial charge on any atom is 0.263 e. The second kappa shape index (κ2) is 7.14. The summed E-state index contributed by atoms with van der Waals surface area (Å²) in [4.78, 5) is 22.7. The van der Waals surface area contributed by atoms with E-state index in [4.69, 9.17) is 16.3 Å². The second-order valence-electron chi connectivity index (χ2n) is 4.81. The molecule has 2 amide bonds. The van der Waals surface area contributed by atoms with E-state index in [1.807, 2.05) is 0 Å². The highest BCUT2D eigenvalue weighted by Gasteiger charge is 2.29. The first kappa shape index (κ1) is 16.3. The average molecular weight is 299 g/mol.